The lowest BCUT2D eigenvalue weighted by Crippen LogP contribution is -2.36. The Hall–Kier alpha value is -3.48. The van der Waals surface area contributed by atoms with E-state index >= 15 is 0 Å². The van der Waals surface area contributed by atoms with E-state index in [-0.39, 0.29) is 11.5 Å². The summed E-state index contributed by atoms with van der Waals surface area (Å²) in [6.45, 7) is 11.4. The van der Waals surface area contributed by atoms with Gasteiger partial charge < -0.3 is 5.32 Å². The van der Waals surface area contributed by atoms with Gasteiger partial charge in [-0.1, -0.05) is 38.1 Å². The molecular weight excluding hydrogens is 405 g/mol. The quantitative estimate of drug-likeness (QED) is 0.414. The van der Waals surface area contributed by atoms with Gasteiger partial charge in [-0.05, 0) is 56.5 Å². The molecule has 2 N–H and O–H groups in total. The van der Waals surface area contributed by atoms with Gasteiger partial charge in [-0.2, -0.15) is 5.10 Å². The normalized spacial score (nSPS) is 11.7. The molecule has 0 aliphatic carbocycles. The standard InChI is InChI=1S/C25H30FN5O/c1-6-31-18(5)22(17(4)30-31)15-27-25(28-20-13-11-19(12-14-20)16(2)3)29-24(32)21-9-7-8-10-23(21)26/h7-14,16H,6,15H2,1-5H3,(H2,27,28,29,32). The van der Waals surface area contributed by atoms with Crippen LogP contribution >= 0.6 is 0 Å². The lowest BCUT2D eigenvalue weighted by molar-refractivity contribution is 0.0973. The summed E-state index contributed by atoms with van der Waals surface area (Å²) in [4.78, 5) is 17.3. The number of hydrogen-bond donors (Lipinski definition) is 2. The van der Waals surface area contributed by atoms with Gasteiger partial charge in [0.15, 0.2) is 0 Å². The fourth-order valence-corrected chi connectivity index (χ4v) is 3.45. The number of carbonyl (C=O) groups excluding carboxylic acids is 1. The Kier molecular flexibility index (Phi) is 7.41. The van der Waals surface area contributed by atoms with E-state index < -0.39 is 11.7 Å². The molecule has 1 amide bonds. The number of aliphatic imine (C=N–C) groups is 1. The highest BCUT2D eigenvalue weighted by molar-refractivity contribution is 6.10. The Morgan fingerprint density at radius 1 is 1.12 bits per heavy atom. The van der Waals surface area contributed by atoms with Crippen LogP contribution in [0.25, 0.3) is 0 Å². The summed E-state index contributed by atoms with van der Waals surface area (Å²) in [5.41, 5.74) is 4.89. The van der Waals surface area contributed by atoms with Gasteiger partial charge in [-0.3, -0.25) is 14.8 Å². The summed E-state index contributed by atoms with van der Waals surface area (Å²) >= 11 is 0. The molecule has 3 aromatic rings. The number of benzene rings is 2. The fourth-order valence-electron chi connectivity index (χ4n) is 3.45. The topological polar surface area (TPSA) is 71.3 Å². The first-order valence-corrected chi connectivity index (χ1v) is 10.8. The van der Waals surface area contributed by atoms with Gasteiger partial charge in [0.05, 0.1) is 17.8 Å². The number of rotatable bonds is 6. The minimum absolute atomic E-state index is 0.0386. The average Bonchev–Trinajstić information content (AvgIpc) is 3.05. The molecule has 168 valence electrons. The van der Waals surface area contributed by atoms with E-state index in [0.717, 1.165) is 29.2 Å². The maximum Gasteiger partial charge on any atom is 0.260 e. The van der Waals surface area contributed by atoms with Crippen molar-refractivity contribution in [1.82, 2.24) is 15.1 Å². The number of amides is 1. The van der Waals surface area contributed by atoms with Crippen LogP contribution in [0.4, 0.5) is 10.1 Å². The molecular formula is C25H30FN5O. The SMILES string of the molecule is CCn1nc(C)c(CN=C(NC(=O)c2ccccc2F)Nc2ccc(C(C)C)cc2)c1C. The van der Waals surface area contributed by atoms with Crippen LogP contribution in [0.15, 0.2) is 53.5 Å². The number of aromatic nitrogens is 2. The zero-order chi connectivity index (χ0) is 23.3. The van der Waals surface area contributed by atoms with Crippen molar-refractivity contribution >= 4 is 17.6 Å². The van der Waals surface area contributed by atoms with Crippen molar-refractivity contribution in [3.05, 3.63) is 82.4 Å². The van der Waals surface area contributed by atoms with Crippen LogP contribution in [0.3, 0.4) is 0 Å². The molecule has 7 heteroatoms. The number of anilines is 1. The third-order valence-corrected chi connectivity index (χ3v) is 5.42. The number of guanidine groups is 1. The smallest absolute Gasteiger partial charge is 0.260 e. The molecule has 1 heterocycles. The minimum Gasteiger partial charge on any atom is -0.326 e. The molecule has 0 aliphatic heterocycles. The molecule has 0 aliphatic rings. The monoisotopic (exact) mass is 435 g/mol. The predicted octanol–water partition coefficient (Wildman–Crippen LogP) is 5.18. The van der Waals surface area contributed by atoms with E-state index in [2.05, 4.69) is 34.6 Å². The van der Waals surface area contributed by atoms with Crippen LogP contribution in [0.5, 0.6) is 0 Å². The maximum atomic E-state index is 14.1. The Balaban J connectivity index is 1.88. The molecule has 1 aromatic heterocycles. The van der Waals surface area contributed by atoms with Crippen LogP contribution in [-0.4, -0.2) is 21.6 Å². The lowest BCUT2D eigenvalue weighted by Gasteiger charge is -2.13. The van der Waals surface area contributed by atoms with Crippen molar-refractivity contribution in [3.63, 3.8) is 0 Å². The van der Waals surface area contributed by atoms with Crippen molar-refractivity contribution in [2.75, 3.05) is 5.32 Å². The van der Waals surface area contributed by atoms with Crippen molar-refractivity contribution in [2.45, 2.75) is 53.6 Å². The largest absolute Gasteiger partial charge is 0.326 e. The Morgan fingerprint density at radius 2 is 1.81 bits per heavy atom. The molecule has 0 spiro atoms. The average molecular weight is 436 g/mol. The highest BCUT2D eigenvalue weighted by atomic mass is 19.1. The second-order valence-electron chi connectivity index (χ2n) is 7.97. The lowest BCUT2D eigenvalue weighted by atomic mass is 10.0. The van der Waals surface area contributed by atoms with Crippen molar-refractivity contribution in [2.24, 2.45) is 4.99 Å². The second-order valence-corrected chi connectivity index (χ2v) is 7.97. The summed E-state index contributed by atoms with van der Waals surface area (Å²) in [6, 6.07) is 13.8. The molecule has 3 rings (SSSR count). The maximum absolute atomic E-state index is 14.1. The van der Waals surface area contributed by atoms with Crippen molar-refractivity contribution in [1.29, 1.82) is 0 Å². The van der Waals surface area contributed by atoms with Crippen LogP contribution in [0, 0.1) is 19.7 Å². The van der Waals surface area contributed by atoms with Gasteiger partial charge in [0.1, 0.15) is 5.82 Å². The second kappa shape index (κ2) is 10.2. The summed E-state index contributed by atoms with van der Waals surface area (Å²) < 4.78 is 16.0. The van der Waals surface area contributed by atoms with Gasteiger partial charge in [0, 0.05) is 23.5 Å². The molecule has 0 saturated carbocycles. The van der Waals surface area contributed by atoms with Crippen LogP contribution in [0.1, 0.15) is 59.6 Å². The number of carbonyl (C=O) groups is 1. The van der Waals surface area contributed by atoms with Gasteiger partial charge in [-0.15, -0.1) is 0 Å². The van der Waals surface area contributed by atoms with Crippen molar-refractivity contribution < 1.29 is 9.18 Å². The third kappa shape index (κ3) is 5.41. The highest BCUT2D eigenvalue weighted by Gasteiger charge is 2.15. The van der Waals surface area contributed by atoms with Crippen molar-refractivity contribution in [3.8, 4) is 0 Å². The number of halogens is 1. The fraction of sp³-hybridized carbons (Fsp3) is 0.320. The first-order chi connectivity index (χ1) is 15.3. The van der Waals surface area contributed by atoms with Gasteiger partial charge >= 0.3 is 0 Å². The molecule has 0 bridgehead atoms. The first-order valence-electron chi connectivity index (χ1n) is 10.8. The number of nitrogens with one attached hydrogen (secondary N) is 2. The van der Waals surface area contributed by atoms with Crippen LogP contribution in [0.2, 0.25) is 0 Å². The number of nitrogens with zero attached hydrogens (tertiary/aromatic N) is 3. The molecule has 32 heavy (non-hydrogen) atoms. The van der Waals surface area contributed by atoms with Crippen LogP contribution in [-0.2, 0) is 13.1 Å². The van der Waals surface area contributed by atoms with E-state index in [1.165, 1.54) is 17.7 Å². The molecule has 0 unspecified atom stereocenters. The molecule has 0 atom stereocenters. The van der Waals surface area contributed by atoms with E-state index in [4.69, 9.17) is 0 Å². The molecule has 2 aromatic carbocycles. The first kappa shape index (κ1) is 23.2. The summed E-state index contributed by atoms with van der Waals surface area (Å²) in [7, 11) is 0. The molecule has 6 nitrogen and oxygen atoms in total. The summed E-state index contributed by atoms with van der Waals surface area (Å²) in [5, 5.41) is 10.4. The third-order valence-electron chi connectivity index (χ3n) is 5.42. The van der Waals surface area contributed by atoms with Crippen LogP contribution < -0.4 is 10.6 Å². The zero-order valence-corrected chi connectivity index (χ0v) is 19.2. The van der Waals surface area contributed by atoms with E-state index in [9.17, 15) is 9.18 Å². The Bertz CT molecular complexity index is 1120. The van der Waals surface area contributed by atoms with Gasteiger partial charge in [-0.25, -0.2) is 9.38 Å². The predicted molar refractivity (Wildman–Crippen MR) is 127 cm³/mol. The zero-order valence-electron chi connectivity index (χ0n) is 19.2. The summed E-state index contributed by atoms with van der Waals surface area (Å²) in [6.07, 6.45) is 0. The van der Waals surface area contributed by atoms with E-state index in [1.807, 2.05) is 49.7 Å². The Labute approximate surface area is 188 Å². The van der Waals surface area contributed by atoms with E-state index in [0.29, 0.717) is 12.5 Å². The summed E-state index contributed by atoms with van der Waals surface area (Å²) in [5.74, 6) is -0.481. The Morgan fingerprint density at radius 3 is 2.41 bits per heavy atom. The molecule has 0 fully saturated rings. The molecule has 0 saturated heterocycles. The molecule has 0 radical (unpaired) electrons. The van der Waals surface area contributed by atoms with Gasteiger partial charge in [0.2, 0.25) is 5.96 Å². The number of hydrogen-bond acceptors (Lipinski definition) is 3. The van der Waals surface area contributed by atoms with E-state index in [1.54, 1.807) is 12.1 Å². The number of aryl methyl sites for hydroxylation is 2. The minimum atomic E-state index is -0.582. The highest BCUT2D eigenvalue weighted by Crippen LogP contribution is 2.18. The van der Waals surface area contributed by atoms with Gasteiger partial charge in [0.25, 0.3) is 5.91 Å².